The van der Waals surface area contributed by atoms with Gasteiger partial charge in [-0.25, -0.2) is 0 Å². The quantitative estimate of drug-likeness (QED) is 0.815. The predicted octanol–water partition coefficient (Wildman–Crippen LogP) is 2.80. The fraction of sp³-hybridized carbons (Fsp3) is 0.526. The van der Waals surface area contributed by atoms with E-state index in [1.807, 2.05) is 13.0 Å². The molecule has 130 valence electrons. The van der Waals surface area contributed by atoms with Crippen LogP contribution in [0, 0.1) is 20.8 Å². The Bertz CT molecular complexity index is 660. The van der Waals surface area contributed by atoms with Gasteiger partial charge in [0, 0.05) is 38.8 Å². The highest BCUT2D eigenvalue weighted by Crippen LogP contribution is 2.19. The van der Waals surface area contributed by atoms with Crippen molar-refractivity contribution in [2.75, 3.05) is 39.3 Å². The van der Waals surface area contributed by atoms with Gasteiger partial charge in [-0.05, 0) is 38.0 Å². The maximum atomic E-state index is 5.97. The monoisotopic (exact) mass is 329 g/mol. The smallest absolute Gasteiger partial charge is 0.150 e. The summed E-state index contributed by atoms with van der Waals surface area (Å²) >= 11 is 0. The van der Waals surface area contributed by atoms with Crippen LogP contribution in [0.25, 0.3) is 0 Å². The van der Waals surface area contributed by atoms with E-state index in [0.717, 1.165) is 63.1 Å². The average Bonchev–Trinajstić information content (AvgIpc) is 2.97. The minimum Gasteiger partial charge on any atom is -0.492 e. The molecule has 1 fully saturated rings. The second kappa shape index (κ2) is 7.81. The highest BCUT2D eigenvalue weighted by Gasteiger charge is 2.18. The van der Waals surface area contributed by atoms with Gasteiger partial charge in [-0.1, -0.05) is 17.3 Å². The van der Waals surface area contributed by atoms with Gasteiger partial charge >= 0.3 is 0 Å². The van der Waals surface area contributed by atoms with Crippen LogP contribution in [0.4, 0.5) is 0 Å². The summed E-state index contributed by atoms with van der Waals surface area (Å²) in [5.74, 6) is 1.97. The lowest BCUT2D eigenvalue weighted by atomic mass is 10.1. The number of aromatic nitrogens is 1. The number of aryl methyl sites for hydroxylation is 3. The molecular weight excluding hydrogens is 302 g/mol. The van der Waals surface area contributed by atoms with E-state index in [1.54, 1.807) is 0 Å². The van der Waals surface area contributed by atoms with Crippen LogP contribution >= 0.6 is 0 Å². The molecule has 5 heteroatoms. The Morgan fingerprint density at radius 3 is 2.50 bits per heavy atom. The molecule has 1 aromatic carbocycles. The first-order chi connectivity index (χ1) is 11.6. The fourth-order valence-electron chi connectivity index (χ4n) is 3.03. The Kier molecular flexibility index (Phi) is 5.53. The second-order valence-electron chi connectivity index (χ2n) is 6.67. The molecule has 3 rings (SSSR count). The molecule has 1 saturated heterocycles. The molecule has 1 aliphatic heterocycles. The van der Waals surface area contributed by atoms with Crippen molar-refractivity contribution in [3.05, 3.63) is 46.8 Å². The van der Waals surface area contributed by atoms with Crippen LogP contribution < -0.4 is 4.74 Å². The summed E-state index contributed by atoms with van der Waals surface area (Å²) in [7, 11) is 0. The Labute approximate surface area is 144 Å². The molecule has 0 amide bonds. The first kappa shape index (κ1) is 17.0. The standard InChI is InChI=1S/C19H27N3O2/c1-15-4-5-16(2)19(12-15)23-11-10-21-6-8-22(9-7-21)14-18-13-17(3)20-24-18/h4-5,12-13H,6-11,14H2,1-3H3. The van der Waals surface area contributed by atoms with Crippen LogP contribution in [-0.2, 0) is 6.54 Å². The fourth-order valence-corrected chi connectivity index (χ4v) is 3.03. The molecule has 24 heavy (non-hydrogen) atoms. The minimum absolute atomic E-state index is 0.742. The van der Waals surface area contributed by atoms with Gasteiger partial charge in [-0.2, -0.15) is 0 Å². The Morgan fingerprint density at radius 1 is 1.04 bits per heavy atom. The topological polar surface area (TPSA) is 41.7 Å². The Balaban J connectivity index is 1.38. The number of hydrogen-bond donors (Lipinski definition) is 0. The largest absolute Gasteiger partial charge is 0.492 e. The highest BCUT2D eigenvalue weighted by molar-refractivity contribution is 5.35. The van der Waals surface area contributed by atoms with Crippen molar-refractivity contribution < 1.29 is 9.26 Å². The van der Waals surface area contributed by atoms with Crippen molar-refractivity contribution in [1.29, 1.82) is 0 Å². The van der Waals surface area contributed by atoms with Gasteiger partial charge in [0.05, 0.1) is 12.2 Å². The third-order valence-corrected chi connectivity index (χ3v) is 4.53. The molecule has 0 saturated carbocycles. The van der Waals surface area contributed by atoms with E-state index >= 15 is 0 Å². The molecule has 1 aromatic heterocycles. The van der Waals surface area contributed by atoms with Gasteiger partial charge in [0.1, 0.15) is 12.4 Å². The molecule has 0 radical (unpaired) electrons. The molecule has 0 bridgehead atoms. The molecule has 0 atom stereocenters. The number of hydrogen-bond acceptors (Lipinski definition) is 5. The lowest BCUT2D eigenvalue weighted by Crippen LogP contribution is -2.46. The molecule has 5 nitrogen and oxygen atoms in total. The van der Waals surface area contributed by atoms with Gasteiger partial charge in [-0.3, -0.25) is 9.80 Å². The van der Waals surface area contributed by atoms with Crippen LogP contribution in [0.5, 0.6) is 5.75 Å². The number of nitrogens with zero attached hydrogens (tertiary/aromatic N) is 3. The van der Waals surface area contributed by atoms with Crippen molar-refractivity contribution >= 4 is 0 Å². The third kappa shape index (κ3) is 4.58. The maximum Gasteiger partial charge on any atom is 0.150 e. The highest BCUT2D eigenvalue weighted by atomic mass is 16.5. The van der Waals surface area contributed by atoms with Crippen molar-refractivity contribution in [2.45, 2.75) is 27.3 Å². The maximum absolute atomic E-state index is 5.97. The summed E-state index contributed by atoms with van der Waals surface area (Å²) < 4.78 is 11.3. The SMILES string of the molecule is Cc1ccc(C)c(OCCN2CCN(Cc3cc(C)no3)CC2)c1. The molecule has 0 spiro atoms. The molecule has 2 aromatic rings. The van der Waals surface area contributed by atoms with Crippen molar-refractivity contribution in [2.24, 2.45) is 0 Å². The van der Waals surface area contributed by atoms with E-state index < -0.39 is 0 Å². The molecule has 2 heterocycles. The molecule has 1 aliphatic rings. The van der Waals surface area contributed by atoms with Gasteiger partial charge in [0.2, 0.25) is 0 Å². The number of piperazine rings is 1. The van der Waals surface area contributed by atoms with Crippen LogP contribution in [0.1, 0.15) is 22.6 Å². The molecular formula is C19H27N3O2. The zero-order valence-electron chi connectivity index (χ0n) is 14.9. The average molecular weight is 329 g/mol. The van der Waals surface area contributed by atoms with Crippen molar-refractivity contribution in [1.82, 2.24) is 15.0 Å². The lowest BCUT2D eigenvalue weighted by Gasteiger charge is -2.34. The first-order valence-corrected chi connectivity index (χ1v) is 8.67. The predicted molar refractivity (Wildman–Crippen MR) is 94.4 cm³/mol. The zero-order chi connectivity index (χ0) is 16.9. The second-order valence-corrected chi connectivity index (χ2v) is 6.67. The summed E-state index contributed by atoms with van der Waals surface area (Å²) in [4.78, 5) is 4.88. The first-order valence-electron chi connectivity index (χ1n) is 8.67. The van der Waals surface area contributed by atoms with Gasteiger partial charge < -0.3 is 9.26 Å². The third-order valence-electron chi connectivity index (χ3n) is 4.53. The van der Waals surface area contributed by atoms with Crippen LogP contribution in [-0.4, -0.2) is 54.3 Å². The van der Waals surface area contributed by atoms with E-state index in [1.165, 1.54) is 11.1 Å². The van der Waals surface area contributed by atoms with Crippen LogP contribution in [0.3, 0.4) is 0 Å². The number of benzene rings is 1. The van der Waals surface area contributed by atoms with E-state index in [0.29, 0.717) is 0 Å². The van der Waals surface area contributed by atoms with E-state index in [4.69, 9.17) is 9.26 Å². The van der Waals surface area contributed by atoms with E-state index in [-0.39, 0.29) is 0 Å². The number of ether oxygens (including phenoxy) is 1. The summed E-state index contributed by atoms with van der Waals surface area (Å²) in [6.07, 6.45) is 0. The van der Waals surface area contributed by atoms with Crippen molar-refractivity contribution in [3.8, 4) is 5.75 Å². The van der Waals surface area contributed by atoms with Crippen LogP contribution in [0.15, 0.2) is 28.8 Å². The summed E-state index contributed by atoms with van der Waals surface area (Å²) in [5.41, 5.74) is 3.40. The van der Waals surface area contributed by atoms with Gasteiger partial charge in [0.25, 0.3) is 0 Å². The van der Waals surface area contributed by atoms with Gasteiger partial charge in [-0.15, -0.1) is 0 Å². The number of rotatable bonds is 6. The Hall–Kier alpha value is -1.85. The van der Waals surface area contributed by atoms with E-state index in [9.17, 15) is 0 Å². The normalized spacial score (nSPS) is 16.5. The lowest BCUT2D eigenvalue weighted by molar-refractivity contribution is 0.105. The zero-order valence-corrected chi connectivity index (χ0v) is 14.9. The van der Waals surface area contributed by atoms with Gasteiger partial charge in [0.15, 0.2) is 5.76 Å². The molecule has 0 aliphatic carbocycles. The Morgan fingerprint density at radius 2 is 1.79 bits per heavy atom. The summed E-state index contributed by atoms with van der Waals surface area (Å²) in [5, 5.41) is 3.95. The molecule has 0 N–H and O–H groups in total. The van der Waals surface area contributed by atoms with E-state index in [2.05, 4.69) is 47.0 Å². The molecule has 0 unspecified atom stereocenters. The summed E-state index contributed by atoms with van der Waals surface area (Å²) in [6.45, 7) is 13.0. The summed E-state index contributed by atoms with van der Waals surface area (Å²) in [6, 6.07) is 8.38. The van der Waals surface area contributed by atoms with Crippen molar-refractivity contribution in [3.63, 3.8) is 0 Å². The minimum atomic E-state index is 0.742. The van der Waals surface area contributed by atoms with Crippen LogP contribution in [0.2, 0.25) is 0 Å².